The molecule has 0 saturated heterocycles. The average Bonchev–Trinajstić information content (AvgIpc) is 3.13. The topological polar surface area (TPSA) is 41.3 Å². The molecule has 0 aliphatic rings. The van der Waals surface area contributed by atoms with Gasteiger partial charge in [-0.3, -0.25) is 4.90 Å². The first-order valence-electron chi connectivity index (χ1n) is 8.82. The average molecular weight is 370 g/mol. The molecule has 0 radical (unpaired) electrons. The number of nitrogens with zero attached hydrogens (tertiary/aromatic N) is 3. The summed E-state index contributed by atoms with van der Waals surface area (Å²) in [6.45, 7) is 5.29. The summed E-state index contributed by atoms with van der Waals surface area (Å²) in [6, 6.07) is 13.7. The summed E-state index contributed by atoms with van der Waals surface area (Å²) in [4.78, 5) is 6.41. The van der Waals surface area contributed by atoms with Crippen molar-refractivity contribution in [1.82, 2.24) is 14.5 Å². The molecule has 26 heavy (non-hydrogen) atoms. The molecule has 3 rings (SSSR count). The molecular weight excluding hydrogens is 346 g/mol. The van der Waals surface area contributed by atoms with Crippen molar-refractivity contribution in [3.8, 4) is 5.75 Å². The van der Waals surface area contributed by atoms with E-state index in [9.17, 15) is 5.11 Å². The molecule has 0 saturated carbocycles. The van der Waals surface area contributed by atoms with Crippen molar-refractivity contribution in [2.24, 2.45) is 0 Å². The van der Waals surface area contributed by atoms with E-state index in [1.54, 1.807) is 12.3 Å². The number of hydrogen-bond acceptors (Lipinski definition) is 3. The number of rotatable bonds is 8. The Bertz CT molecular complexity index is 833. The number of aromatic nitrogens is 2. The van der Waals surface area contributed by atoms with Crippen molar-refractivity contribution in [3.63, 3.8) is 0 Å². The number of halogens is 1. The maximum Gasteiger partial charge on any atom is 0.120 e. The van der Waals surface area contributed by atoms with E-state index in [0.717, 1.165) is 47.8 Å². The van der Waals surface area contributed by atoms with Gasteiger partial charge in [-0.05, 0) is 31.0 Å². The summed E-state index contributed by atoms with van der Waals surface area (Å²) in [6.07, 6.45) is 6.61. The highest BCUT2D eigenvalue weighted by Gasteiger charge is 2.12. The maximum atomic E-state index is 10.2. The Morgan fingerprint density at radius 1 is 1.12 bits per heavy atom. The normalized spacial score (nSPS) is 11.2. The number of hydrogen-bond donors (Lipinski definition) is 1. The molecule has 0 fully saturated rings. The fourth-order valence-corrected chi connectivity index (χ4v) is 3.25. The Morgan fingerprint density at radius 3 is 2.69 bits per heavy atom. The fraction of sp³-hybridized carbons (Fsp3) is 0.286. The van der Waals surface area contributed by atoms with Crippen molar-refractivity contribution in [1.29, 1.82) is 0 Å². The minimum absolute atomic E-state index is 0.342. The van der Waals surface area contributed by atoms with Gasteiger partial charge in [-0.1, -0.05) is 47.5 Å². The third-order valence-corrected chi connectivity index (χ3v) is 4.80. The lowest BCUT2D eigenvalue weighted by Crippen LogP contribution is -2.25. The van der Waals surface area contributed by atoms with Crippen LogP contribution in [0.2, 0.25) is 5.02 Å². The molecule has 1 N–H and O–H groups in total. The maximum absolute atomic E-state index is 10.2. The van der Waals surface area contributed by atoms with Crippen LogP contribution in [0.25, 0.3) is 0 Å². The van der Waals surface area contributed by atoms with Crippen LogP contribution in [0.4, 0.5) is 0 Å². The third-order valence-electron chi connectivity index (χ3n) is 4.43. The standard InChI is InChI=1S/C21H24ClN3O/c1-17-7-8-21(26)19(13-17)15-25(11-4-10-24-12-9-23-16-24)14-18-5-2-3-6-20(18)22/h2-3,5-9,12-13,16,26H,4,10-11,14-15H2,1H3. The first kappa shape index (κ1) is 18.5. The predicted octanol–water partition coefficient (Wildman–Crippen LogP) is 4.64. The summed E-state index contributed by atoms with van der Waals surface area (Å²) < 4.78 is 2.08. The largest absolute Gasteiger partial charge is 0.508 e. The number of aromatic hydroxyl groups is 1. The molecule has 4 nitrogen and oxygen atoms in total. The third kappa shape index (κ3) is 5.10. The summed E-state index contributed by atoms with van der Waals surface area (Å²) >= 11 is 6.35. The van der Waals surface area contributed by atoms with Crippen LogP contribution in [-0.2, 0) is 19.6 Å². The van der Waals surface area contributed by atoms with Gasteiger partial charge in [0.05, 0.1) is 6.33 Å². The van der Waals surface area contributed by atoms with Gasteiger partial charge < -0.3 is 9.67 Å². The van der Waals surface area contributed by atoms with Crippen LogP contribution in [0.1, 0.15) is 23.1 Å². The summed E-state index contributed by atoms with van der Waals surface area (Å²) in [5.74, 6) is 0.342. The van der Waals surface area contributed by atoms with Crippen LogP contribution >= 0.6 is 11.6 Å². The highest BCUT2D eigenvalue weighted by atomic mass is 35.5. The van der Waals surface area contributed by atoms with E-state index < -0.39 is 0 Å². The van der Waals surface area contributed by atoms with E-state index >= 15 is 0 Å². The lowest BCUT2D eigenvalue weighted by atomic mass is 10.1. The van der Waals surface area contributed by atoms with E-state index in [1.807, 2.05) is 49.8 Å². The van der Waals surface area contributed by atoms with Gasteiger partial charge in [-0.15, -0.1) is 0 Å². The van der Waals surface area contributed by atoms with E-state index in [2.05, 4.69) is 20.5 Å². The van der Waals surface area contributed by atoms with Crippen molar-refractivity contribution in [2.75, 3.05) is 6.54 Å². The molecule has 0 aliphatic carbocycles. The number of phenols is 1. The van der Waals surface area contributed by atoms with Gasteiger partial charge in [0, 0.05) is 49.2 Å². The van der Waals surface area contributed by atoms with Crippen molar-refractivity contribution < 1.29 is 5.11 Å². The number of phenolic OH excluding ortho intramolecular Hbond substituents is 1. The van der Waals surface area contributed by atoms with E-state index in [0.29, 0.717) is 12.3 Å². The zero-order valence-corrected chi connectivity index (χ0v) is 15.7. The van der Waals surface area contributed by atoms with Gasteiger partial charge in [0.25, 0.3) is 0 Å². The Labute approximate surface area is 159 Å². The van der Waals surface area contributed by atoms with Gasteiger partial charge in [-0.2, -0.15) is 0 Å². The predicted molar refractivity (Wildman–Crippen MR) is 105 cm³/mol. The lowest BCUT2D eigenvalue weighted by Gasteiger charge is -2.24. The van der Waals surface area contributed by atoms with Gasteiger partial charge in [0.15, 0.2) is 0 Å². The van der Waals surface area contributed by atoms with Crippen LogP contribution in [0.5, 0.6) is 5.75 Å². The zero-order valence-electron chi connectivity index (χ0n) is 15.0. The molecule has 1 heterocycles. The molecule has 0 atom stereocenters. The van der Waals surface area contributed by atoms with Gasteiger partial charge in [0.1, 0.15) is 5.75 Å². The Hall–Kier alpha value is -2.30. The van der Waals surface area contributed by atoms with Crippen molar-refractivity contribution >= 4 is 11.6 Å². The highest BCUT2D eigenvalue weighted by Crippen LogP contribution is 2.23. The molecular formula is C21H24ClN3O. The second kappa shape index (κ2) is 8.88. The molecule has 0 amide bonds. The Kier molecular flexibility index (Phi) is 6.31. The molecule has 3 aromatic rings. The van der Waals surface area contributed by atoms with Crippen molar-refractivity contribution in [2.45, 2.75) is 33.0 Å². The summed E-state index contributed by atoms with van der Waals surface area (Å²) in [5.41, 5.74) is 3.19. The smallest absolute Gasteiger partial charge is 0.120 e. The number of imidazole rings is 1. The first-order chi connectivity index (χ1) is 12.6. The molecule has 0 aliphatic heterocycles. The highest BCUT2D eigenvalue weighted by molar-refractivity contribution is 6.31. The Morgan fingerprint density at radius 2 is 1.92 bits per heavy atom. The summed E-state index contributed by atoms with van der Waals surface area (Å²) in [5, 5.41) is 11.0. The molecule has 0 unspecified atom stereocenters. The number of aryl methyl sites for hydroxylation is 2. The van der Waals surface area contributed by atoms with E-state index in [1.165, 1.54) is 0 Å². The van der Waals surface area contributed by atoms with Crippen LogP contribution in [0, 0.1) is 6.92 Å². The minimum Gasteiger partial charge on any atom is -0.508 e. The van der Waals surface area contributed by atoms with Crippen LogP contribution in [-0.4, -0.2) is 26.1 Å². The number of benzene rings is 2. The SMILES string of the molecule is Cc1ccc(O)c(CN(CCCn2ccnc2)Cc2ccccc2Cl)c1. The first-order valence-corrected chi connectivity index (χ1v) is 9.19. The molecule has 136 valence electrons. The van der Waals surface area contributed by atoms with Gasteiger partial charge in [-0.25, -0.2) is 4.98 Å². The lowest BCUT2D eigenvalue weighted by molar-refractivity contribution is 0.245. The van der Waals surface area contributed by atoms with Crippen LogP contribution in [0.15, 0.2) is 61.2 Å². The second-order valence-corrected chi connectivity index (χ2v) is 7.00. The molecule has 2 aromatic carbocycles. The fourth-order valence-electron chi connectivity index (χ4n) is 3.06. The zero-order chi connectivity index (χ0) is 18.4. The summed E-state index contributed by atoms with van der Waals surface area (Å²) in [7, 11) is 0. The quantitative estimate of drug-likeness (QED) is 0.628. The van der Waals surface area contributed by atoms with Crippen LogP contribution in [0.3, 0.4) is 0 Å². The molecule has 1 aromatic heterocycles. The monoisotopic (exact) mass is 369 g/mol. The molecule has 5 heteroatoms. The minimum atomic E-state index is 0.342. The molecule has 0 bridgehead atoms. The van der Waals surface area contributed by atoms with E-state index in [4.69, 9.17) is 11.6 Å². The van der Waals surface area contributed by atoms with E-state index in [-0.39, 0.29) is 0 Å². The van der Waals surface area contributed by atoms with Crippen molar-refractivity contribution in [3.05, 3.63) is 82.9 Å². The van der Waals surface area contributed by atoms with Gasteiger partial charge in [0.2, 0.25) is 0 Å². The molecule has 0 spiro atoms. The van der Waals surface area contributed by atoms with Crippen LogP contribution < -0.4 is 0 Å². The second-order valence-electron chi connectivity index (χ2n) is 6.59. The van der Waals surface area contributed by atoms with Gasteiger partial charge >= 0.3 is 0 Å². The Balaban J connectivity index is 1.71.